The summed E-state index contributed by atoms with van der Waals surface area (Å²) in [6, 6.07) is 6.70. The fourth-order valence-electron chi connectivity index (χ4n) is 1.66. The Bertz CT molecular complexity index is 477. The molecule has 116 valence electrons. The minimum atomic E-state index is -0.559. The van der Waals surface area contributed by atoms with Gasteiger partial charge in [0.2, 0.25) is 0 Å². The van der Waals surface area contributed by atoms with E-state index in [1.54, 1.807) is 31.4 Å². The highest BCUT2D eigenvalue weighted by Gasteiger charge is 2.10. The van der Waals surface area contributed by atoms with E-state index in [0.717, 1.165) is 0 Å². The van der Waals surface area contributed by atoms with Gasteiger partial charge in [-0.15, -0.1) is 0 Å². The van der Waals surface area contributed by atoms with Gasteiger partial charge in [-0.25, -0.2) is 0 Å². The van der Waals surface area contributed by atoms with E-state index < -0.39 is 6.10 Å². The van der Waals surface area contributed by atoms with Crippen LogP contribution in [0.15, 0.2) is 24.3 Å². The first-order valence-electron chi connectivity index (χ1n) is 6.48. The highest BCUT2D eigenvalue weighted by Crippen LogP contribution is 2.10. The number of carbonyl (C=O) groups excluding carboxylic acids is 1. The quantitative estimate of drug-likeness (QED) is 0.653. The molecule has 0 heterocycles. The van der Waals surface area contributed by atoms with Crippen LogP contribution >= 0.6 is 12.2 Å². The maximum atomic E-state index is 11.9. The zero-order valence-electron chi connectivity index (χ0n) is 12.4. The second kappa shape index (κ2) is 8.56. The molecule has 0 bridgehead atoms. The highest BCUT2D eigenvalue weighted by molar-refractivity contribution is 7.80. The van der Waals surface area contributed by atoms with Crippen molar-refractivity contribution in [1.29, 1.82) is 0 Å². The fourth-order valence-corrected chi connectivity index (χ4v) is 1.83. The van der Waals surface area contributed by atoms with Crippen LogP contribution in [0, 0.1) is 0 Å². The third kappa shape index (κ3) is 6.52. The Morgan fingerprint density at radius 1 is 1.38 bits per heavy atom. The van der Waals surface area contributed by atoms with Gasteiger partial charge in [0.15, 0.2) is 5.11 Å². The number of amides is 1. The molecule has 0 radical (unpaired) electrons. The molecule has 1 atom stereocenters. The van der Waals surface area contributed by atoms with Crippen molar-refractivity contribution in [3.8, 4) is 5.75 Å². The number of nitrogens with one attached hydrogen (secondary N) is 2. The molecule has 0 saturated carbocycles. The molecule has 0 aromatic heterocycles. The highest BCUT2D eigenvalue weighted by atomic mass is 32.1. The number of methoxy groups -OCH3 is 1. The topological polar surface area (TPSA) is 73.8 Å². The average molecular weight is 311 g/mol. The molecule has 0 aliphatic heterocycles. The van der Waals surface area contributed by atoms with Gasteiger partial charge >= 0.3 is 0 Å². The number of likely N-dealkylation sites (N-methyl/N-ethyl adjacent to an activating group) is 1. The molecule has 6 nitrogen and oxygen atoms in total. The Hall–Kier alpha value is -1.70. The van der Waals surface area contributed by atoms with Crippen LogP contribution in [0.1, 0.15) is 10.4 Å². The lowest BCUT2D eigenvalue weighted by Crippen LogP contribution is -2.44. The van der Waals surface area contributed by atoms with E-state index in [2.05, 4.69) is 10.6 Å². The largest absolute Gasteiger partial charge is 0.497 e. The van der Waals surface area contributed by atoms with Crippen LogP contribution in [0.25, 0.3) is 0 Å². The van der Waals surface area contributed by atoms with E-state index in [4.69, 9.17) is 17.0 Å². The van der Waals surface area contributed by atoms with Gasteiger partial charge in [0, 0.05) is 18.7 Å². The van der Waals surface area contributed by atoms with Crippen LogP contribution in [-0.4, -0.2) is 61.4 Å². The molecule has 1 aromatic carbocycles. The van der Waals surface area contributed by atoms with Gasteiger partial charge in [0.25, 0.3) is 5.91 Å². The van der Waals surface area contributed by atoms with Crippen molar-refractivity contribution in [2.24, 2.45) is 0 Å². The standard InChI is InChI=1S/C14H21N3O3S/c1-17(2)9-11(18)8-15-14(21)16-13(19)10-4-6-12(20-3)7-5-10/h4-7,11,18H,8-9H2,1-3H3,(H2,15,16,19,21). The van der Waals surface area contributed by atoms with Gasteiger partial charge in [-0.1, -0.05) is 0 Å². The number of aliphatic hydroxyl groups is 1. The fraction of sp³-hybridized carbons (Fsp3) is 0.429. The summed E-state index contributed by atoms with van der Waals surface area (Å²) in [6.45, 7) is 0.794. The van der Waals surface area contributed by atoms with Crippen molar-refractivity contribution in [2.75, 3.05) is 34.3 Å². The molecule has 1 unspecified atom stereocenters. The summed E-state index contributed by atoms with van der Waals surface area (Å²) >= 11 is 5.02. The zero-order chi connectivity index (χ0) is 15.8. The zero-order valence-corrected chi connectivity index (χ0v) is 13.2. The summed E-state index contributed by atoms with van der Waals surface area (Å²) < 4.78 is 5.02. The SMILES string of the molecule is COc1ccc(C(=O)NC(=S)NCC(O)CN(C)C)cc1. The molecule has 21 heavy (non-hydrogen) atoms. The van der Waals surface area contributed by atoms with E-state index in [1.165, 1.54) is 0 Å². The number of carbonyl (C=O) groups is 1. The second-order valence-corrected chi connectivity index (χ2v) is 5.22. The summed E-state index contributed by atoms with van der Waals surface area (Å²) in [5.41, 5.74) is 0.480. The maximum absolute atomic E-state index is 11.9. The Balaban J connectivity index is 2.41. The van der Waals surface area contributed by atoms with Crippen LogP contribution < -0.4 is 15.4 Å². The van der Waals surface area contributed by atoms with E-state index in [1.807, 2.05) is 19.0 Å². The number of hydrogen-bond acceptors (Lipinski definition) is 5. The van der Waals surface area contributed by atoms with Gasteiger partial charge in [-0.3, -0.25) is 10.1 Å². The Labute approximate surface area is 130 Å². The van der Waals surface area contributed by atoms with E-state index in [9.17, 15) is 9.90 Å². The number of aliphatic hydroxyl groups excluding tert-OH is 1. The second-order valence-electron chi connectivity index (χ2n) is 4.81. The van der Waals surface area contributed by atoms with Gasteiger partial charge in [-0.05, 0) is 50.6 Å². The molecule has 0 saturated heterocycles. The molecular weight excluding hydrogens is 290 g/mol. The minimum absolute atomic E-state index is 0.189. The lowest BCUT2D eigenvalue weighted by atomic mass is 10.2. The number of nitrogens with zero attached hydrogens (tertiary/aromatic N) is 1. The molecular formula is C14H21N3O3S. The molecule has 0 spiro atoms. The van der Waals surface area contributed by atoms with Crippen molar-refractivity contribution in [1.82, 2.24) is 15.5 Å². The molecule has 1 amide bonds. The van der Waals surface area contributed by atoms with Gasteiger partial charge in [0.05, 0.1) is 13.2 Å². The minimum Gasteiger partial charge on any atom is -0.497 e. The average Bonchev–Trinajstić information content (AvgIpc) is 2.44. The molecule has 0 aliphatic carbocycles. The Kier molecular flexibility index (Phi) is 7.07. The van der Waals surface area contributed by atoms with Crippen molar-refractivity contribution < 1.29 is 14.6 Å². The van der Waals surface area contributed by atoms with Crippen molar-refractivity contribution in [3.05, 3.63) is 29.8 Å². The monoisotopic (exact) mass is 311 g/mol. The molecule has 0 aliphatic rings. The maximum Gasteiger partial charge on any atom is 0.257 e. The first kappa shape index (κ1) is 17.4. The van der Waals surface area contributed by atoms with Crippen LogP contribution in [0.2, 0.25) is 0 Å². The van der Waals surface area contributed by atoms with Crippen LogP contribution in [0.4, 0.5) is 0 Å². The van der Waals surface area contributed by atoms with Gasteiger partial charge < -0.3 is 20.1 Å². The number of hydrogen-bond donors (Lipinski definition) is 3. The molecule has 3 N–H and O–H groups in total. The first-order valence-corrected chi connectivity index (χ1v) is 6.89. The summed E-state index contributed by atoms with van der Waals surface area (Å²) in [5, 5.41) is 15.2. The Morgan fingerprint density at radius 3 is 2.52 bits per heavy atom. The van der Waals surface area contributed by atoms with E-state index >= 15 is 0 Å². The predicted molar refractivity (Wildman–Crippen MR) is 85.6 cm³/mol. The predicted octanol–water partition coefficient (Wildman–Crippen LogP) is 0.222. The normalized spacial score (nSPS) is 11.9. The molecule has 1 rings (SSSR count). The third-order valence-electron chi connectivity index (χ3n) is 2.65. The van der Waals surface area contributed by atoms with Crippen molar-refractivity contribution >= 4 is 23.2 Å². The number of rotatable bonds is 6. The van der Waals surface area contributed by atoms with E-state index in [-0.39, 0.29) is 17.6 Å². The lowest BCUT2D eigenvalue weighted by molar-refractivity contribution is 0.0975. The summed E-state index contributed by atoms with van der Waals surface area (Å²) in [4.78, 5) is 13.8. The van der Waals surface area contributed by atoms with Gasteiger partial charge in [-0.2, -0.15) is 0 Å². The van der Waals surface area contributed by atoms with Crippen LogP contribution in [0.5, 0.6) is 5.75 Å². The Morgan fingerprint density at radius 2 is 2.00 bits per heavy atom. The van der Waals surface area contributed by atoms with Crippen LogP contribution in [-0.2, 0) is 0 Å². The molecule has 1 aromatic rings. The molecule has 0 fully saturated rings. The van der Waals surface area contributed by atoms with Crippen molar-refractivity contribution in [3.63, 3.8) is 0 Å². The van der Waals surface area contributed by atoms with Gasteiger partial charge in [0.1, 0.15) is 5.75 Å². The number of benzene rings is 1. The van der Waals surface area contributed by atoms with Crippen LogP contribution in [0.3, 0.4) is 0 Å². The van der Waals surface area contributed by atoms with Crippen molar-refractivity contribution in [2.45, 2.75) is 6.10 Å². The number of ether oxygens (including phenoxy) is 1. The summed E-state index contributed by atoms with van der Waals surface area (Å²) in [7, 11) is 5.30. The number of thiocarbonyl (C=S) groups is 1. The first-order chi connectivity index (χ1) is 9.92. The summed E-state index contributed by atoms with van der Waals surface area (Å²) in [5.74, 6) is 0.372. The molecule has 7 heteroatoms. The van der Waals surface area contributed by atoms with E-state index in [0.29, 0.717) is 17.9 Å². The summed E-state index contributed by atoms with van der Waals surface area (Å²) in [6.07, 6.45) is -0.559. The lowest BCUT2D eigenvalue weighted by Gasteiger charge is -2.17. The smallest absolute Gasteiger partial charge is 0.257 e. The third-order valence-corrected chi connectivity index (χ3v) is 2.90.